The van der Waals surface area contributed by atoms with Crippen molar-refractivity contribution in [3.63, 3.8) is 0 Å². The summed E-state index contributed by atoms with van der Waals surface area (Å²) in [5.41, 5.74) is 2.85. The molecular formula is C25H17FN4O3. The highest BCUT2D eigenvalue weighted by Gasteiger charge is 2.25. The molecular weight excluding hydrogens is 423 g/mol. The van der Waals surface area contributed by atoms with Gasteiger partial charge in [-0.2, -0.15) is 0 Å². The second kappa shape index (κ2) is 8.08. The minimum Gasteiger partial charge on any atom is -0.362 e. The molecule has 2 aromatic heterocycles. The fourth-order valence-corrected chi connectivity index (χ4v) is 3.68. The van der Waals surface area contributed by atoms with Crippen LogP contribution in [0.3, 0.4) is 0 Å². The smallest absolute Gasteiger partial charge is 0.267 e. The van der Waals surface area contributed by atoms with Crippen molar-refractivity contribution >= 4 is 34.8 Å². The lowest BCUT2D eigenvalue weighted by Gasteiger charge is -2.10. The lowest BCUT2D eigenvalue weighted by Crippen LogP contribution is -2.27. The highest BCUT2D eigenvalue weighted by Crippen LogP contribution is 2.35. The number of anilines is 2. The van der Waals surface area contributed by atoms with Gasteiger partial charge in [-0.25, -0.2) is 4.39 Å². The van der Waals surface area contributed by atoms with Gasteiger partial charge in [0.15, 0.2) is 0 Å². The van der Waals surface area contributed by atoms with Gasteiger partial charge in [-0.3, -0.25) is 19.0 Å². The molecule has 0 unspecified atom stereocenters. The van der Waals surface area contributed by atoms with Gasteiger partial charge in [0, 0.05) is 35.0 Å². The van der Waals surface area contributed by atoms with Gasteiger partial charge in [-0.05, 0) is 66.7 Å². The molecule has 0 bridgehead atoms. The zero-order chi connectivity index (χ0) is 22.9. The summed E-state index contributed by atoms with van der Waals surface area (Å²) in [5, 5.41) is 5.49. The lowest BCUT2D eigenvalue weighted by atomic mass is 10.1. The number of hydrogen-bond donors (Lipinski definition) is 3. The summed E-state index contributed by atoms with van der Waals surface area (Å²) in [6.07, 6.45) is 5.03. The maximum atomic E-state index is 13.2. The number of rotatable bonds is 4. The van der Waals surface area contributed by atoms with Crippen molar-refractivity contribution in [1.29, 1.82) is 0 Å². The number of pyridine rings is 1. The van der Waals surface area contributed by atoms with Crippen LogP contribution in [0.15, 0.2) is 83.9 Å². The van der Waals surface area contributed by atoms with E-state index in [4.69, 9.17) is 0 Å². The quantitative estimate of drug-likeness (QED) is 0.418. The number of carbonyl (C=O) groups excluding carboxylic acids is 2. The molecule has 0 radical (unpaired) electrons. The van der Waals surface area contributed by atoms with Crippen LogP contribution in [0, 0.1) is 5.82 Å². The van der Waals surface area contributed by atoms with Gasteiger partial charge in [0.05, 0.1) is 11.3 Å². The Morgan fingerprint density at radius 2 is 1.82 bits per heavy atom. The highest BCUT2D eigenvalue weighted by molar-refractivity contribution is 6.35. The first-order chi connectivity index (χ1) is 16.0. The molecule has 0 atom stereocenters. The number of benzene rings is 2. The van der Waals surface area contributed by atoms with E-state index in [9.17, 15) is 18.8 Å². The molecule has 0 saturated heterocycles. The van der Waals surface area contributed by atoms with Gasteiger partial charge >= 0.3 is 0 Å². The van der Waals surface area contributed by atoms with Crippen molar-refractivity contribution in [2.45, 2.75) is 0 Å². The van der Waals surface area contributed by atoms with E-state index < -0.39 is 17.3 Å². The fourth-order valence-electron chi connectivity index (χ4n) is 3.68. The van der Waals surface area contributed by atoms with Crippen LogP contribution < -0.4 is 16.2 Å². The second-order valence-corrected chi connectivity index (χ2v) is 7.43. The molecule has 1 aliphatic heterocycles. The molecule has 33 heavy (non-hydrogen) atoms. The third-order valence-corrected chi connectivity index (χ3v) is 5.28. The first-order valence-electron chi connectivity index (χ1n) is 10.1. The summed E-state index contributed by atoms with van der Waals surface area (Å²) in [7, 11) is 0. The van der Waals surface area contributed by atoms with Crippen molar-refractivity contribution in [3.8, 4) is 5.69 Å². The van der Waals surface area contributed by atoms with Crippen LogP contribution in [0.2, 0.25) is 0 Å². The number of amides is 2. The van der Waals surface area contributed by atoms with Crippen molar-refractivity contribution in [3.05, 3.63) is 112 Å². The number of H-pyrrole nitrogens is 1. The van der Waals surface area contributed by atoms with E-state index in [0.717, 1.165) is 5.69 Å². The van der Waals surface area contributed by atoms with Gasteiger partial charge in [0.25, 0.3) is 17.4 Å². The Labute approximate surface area is 187 Å². The van der Waals surface area contributed by atoms with Crippen LogP contribution in [0.1, 0.15) is 21.6 Å². The standard InChI is InChI=1S/C25H17FN4O3/c26-15-5-8-18(9-6-15)30-12-2-4-20(25(30)33)23(31)28-17-7-10-19-21(13-16-3-1-11-27-16)24(32)29-22(19)14-17/h1-14,27H,(H,28,31)(H,29,32). The summed E-state index contributed by atoms with van der Waals surface area (Å²) in [6, 6.07) is 17.1. The molecule has 4 aromatic rings. The minimum absolute atomic E-state index is 0.0707. The van der Waals surface area contributed by atoms with Crippen LogP contribution in [0.5, 0.6) is 0 Å². The third kappa shape index (κ3) is 3.85. The number of nitrogens with zero attached hydrogens (tertiary/aromatic N) is 1. The van der Waals surface area contributed by atoms with Crippen LogP contribution >= 0.6 is 0 Å². The number of aromatic amines is 1. The molecule has 2 aromatic carbocycles. The Bertz CT molecular complexity index is 1470. The number of halogens is 1. The normalized spacial score (nSPS) is 13.6. The zero-order valence-corrected chi connectivity index (χ0v) is 17.1. The number of hydrogen-bond acceptors (Lipinski definition) is 3. The van der Waals surface area contributed by atoms with Gasteiger partial charge in [-0.15, -0.1) is 0 Å². The van der Waals surface area contributed by atoms with E-state index in [-0.39, 0.29) is 11.5 Å². The van der Waals surface area contributed by atoms with E-state index >= 15 is 0 Å². The molecule has 0 spiro atoms. The van der Waals surface area contributed by atoms with Crippen LogP contribution in [-0.2, 0) is 4.79 Å². The number of aromatic nitrogens is 2. The van der Waals surface area contributed by atoms with Crippen molar-refractivity contribution < 1.29 is 14.0 Å². The van der Waals surface area contributed by atoms with E-state index in [1.54, 1.807) is 36.5 Å². The molecule has 3 N–H and O–H groups in total. The minimum atomic E-state index is -0.595. The van der Waals surface area contributed by atoms with E-state index in [1.807, 2.05) is 12.1 Å². The van der Waals surface area contributed by atoms with Crippen LogP contribution in [0.4, 0.5) is 15.8 Å². The van der Waals surface area contributed by atoms with E-state index in [2.05, 4.69) is 15.6 Å². The van der Waals surface area contributed by atoms with Crippen molar-refractivity contribution in [2.24, 2.45) is 0 Å². The number of carbonyl (C=O) groups is 2. The molecule has 162 valence electrons. The molecule has 0 saturated carbocycles. The van der Waals surface area contributed by atoms with Gasteiger partial charge in [0.1, 0.15) is 11.4 Å². The second-order valence-electron chi connectivity index (χ2n) is 7.43. The predicted molar refractivity (Wildman–Crippen MR) is 124 cm³/mol. The Balaban J connectivity index is 1.41. The molecule has 5 rings (SSSR count). The Hall–Kier alpha value is -4.72. The highest BCUT2D eigenvalue weighted by atomic mass is 19.1. The lowest BCUT2D eigenvalue weighted by molar-refractivity contribution is -0.110. The molecule has 7 nitrogen and oxygen atoms in total. The van der Waals surface area contributed by atoms with Crippen molar-refractivity contribution in [2.75, 3.05) is 10.6 Å². The number of nitrogens with one attached hydrogen (secondary N) is 3. The fraction of sp³-hybridized carbons (Fsp3) is 0. The van der Waals surface area contributed by atoms with Gasteiger partial charge < -0.3 is 15.6 Å². The zero-order valence-electron chi connectivity index (χ0n) is 17.1. The maximum Gasteiger partial charge on any atom is 0.267 e. The van der Waals surface area contributed by atoms with E-state index in [1.165, 1.54) is 41.1 Å². The van der Waals surface area contributed by atoms with Crippen LogP contribution in [-0.4, -0.2) is 21.4 Å². The topological polar surface area (TPSA) is 96.0 Å². The SMILES string of the molecule is O=C1Nc2cc(NC(=O)c3cccn(-c4ccc(F)cc4)c3=O)ccc2C1=Cc1ccc[nH]1. The Morgan fingerprint density at radius 1 is 1.00 bits per heavy atom. The van der Waals surface area contributed by atoms with Crippen LogP contribution in [0.25, 0.3) is 17.3 Å². The first kappa shape index (κ1) is 20.2. The largest absolute Gasteiger partial charge is 0.362 e. The van der Waals surface area contributed by atoms with Gasteiger partial charge in [-0.1, -0.05) is 6.07 Å². The Kier molecular flexibility index (Phi) is 4.95. The summed E-state index contributed by atoms with van der Waals surface area (Å²) >= 11 is 0. The average Bonchev–Trinajstić information content (AvgIpc) is 3.42. The summed E-state index contributed by atoms with van der Waals surface area (Å²) in [5.74, 6) is -1.26. The molecule has 0 aliphatic carbocycles. The molecule has 0 fully saturated rings. The summed E-state index contributed by atoms with van der Waals surface area (Å²) in [6.45, 7) is 0. The monoisotopic (exact) mass is 440 g/mol. The van der Waals surface area contributed by atoms with Gasteiger partial charge in [0.2, 0.25) is 0 Å². The molecule has 1 aliphatic rings. The van der Waals surface area contributed by atoms with Crippen molar-refractivity contribution in [1.82, 2.24) is 9.55 Å². The first-order valence-corrected chi connectivity index (χ1v) is 10.1. The predicted octanol–water partition coefficient (Wildman–Crippen LogP) is 4.05. The summed E-state index contributed by atoms with van der Waals surface area (Å²) in [4.78, 5) is 41.1. The summed E-state index contributed by atoms with van der Waals surface area (Å²) < 4.78 is 14.5. The Morgan fingerprint density at radius 3 is 2.58 bits per heavy atom. The van der Waals surface area contributed by atoms with E-state index in [0.29, 0.717) is 28.2 Å². The molecule has 3 heterocycles. The molecule has 2 amide bonds. The average molecular weight is 440 g/mol. The number of fused-ring (bicyclic) bond motifs is 1. The third-order valence-electron chi connectivity index (χ3n) is 5.28. The maximum absolute atomic E-state index is 13.2. The molecule has 8 heteroatoms.